The number of hydrogen-bond donors (Lipinski definition) is 1. The lowest BCUT2D eigenvalue weighted by Gasteiger charge is -2.29. The zero-order valence-corrected chi connectivity index (χ0v) is 12.6. The summed E-state index contributed by atoms with van der Waals surface area (Å²) in [5, 5.41) is 12.6. The molecule has 0 aromatic carbocycles. The topological polar surface area (TPSA) is 53.2 Å². The van der Waals surface area contributed by atoms with Gasteiger partial charge in [0.05, 0.1) is 13.2 Å². The lowest BCUT2D eigenvalue weighted by atomic mass is 10.2. The quantitative estimate of drug-likeness (QED) is 0.872. The molecule has 2 heterocycles. The van der Waals surface area contributed by atoms with E-state index < -0.39 is 0 Å². The van der Waals surface area contributed by atoms with Crippen LogP contribution in [0.15, 0.2) is 6.07 Å². The third-order valence-electron chi connectivity index (χ3n) is 4.03. The Balaban J connectivity index is 1.84. The minimum Gasteiger partial charge on any atom is -0.379 e. The molecule has 1 fully saturated rings. The highest BCUT2D eigenvalue weighted by Crippen LogP contribution is 2.13. The van der Waals surface area contributed by atoms with Crippen LogP contribution in [0, 0.1) is 18.3 Å². The molecule has 1 aromatic rings. The second kappa shape index (κ2) is 6.89. The first-order valence-corrected chi connectivity index (χ1v) is 7.20. The van der Waals surface area contributed by atoms with Gasteiger partial charge in [0.25, 0.3) is 0 Å². The van der Waals surface area contributed by atoms with Crippen molar-refractivity contribution in [3.8, 4) is 6.07 Å². The molecular weight excluding hydrogens is 252 g/mol. The van der Waals surface area contributed by atoms with Crippen molar-refractivity contribution in [2.45, 2.75) is 26.4 Å². The number of morpholine rings is 1. The summed E-state index contributed by atoms with van der Waals surface area (Å²) in [7, 11) is 1.94. The molecule has 1 aliphatic heterocycles. The van der Waals surface area contributed by atoms with Crippen LogP contribution in [-0.4, -0.2) is 48.4 Å². The van der Waals surface area contributed by atoms with Crippen molar-refractivity contribution in [3.05, 3.63) is 23.0 Å². The molecule has 1 aromatic heterocycles. The van der Waals surface area contributed by atoms with Gasteiger partial charge >= 0.3 is 0 Å². The fourth-order valence-electron chi connectivity index (χ4n) is 2.57. The maximum atomic E-state index is 9.04. The second-order valence-electron chi connectivity index (χ2n) is 5.51. The fraction of sp³-hybridized carbons (Fsp3) is 0.667. The number of nitriles is 1. The summed E-state index contributed by atoms with van der Waals surface area (Å²) >= 11 is 0. The highest BCUT2D eigenvalue weighted by molar-refractivity contribution is 5.34. The van der Waals surface area contributed by atoms with E-state index in [2.05, 4.69) is 30.1 Å². The number of hydrogen-bond acceptors (Lipinski definition) is 4. The molecule has 0 aliphatic carbocycles. The van der Waals surface area contributed by atoms with Crippen molar-refractivity contribution in [2.24, 2.45) is 7.05 Å². The average molecular weight is 276 g/mol. The maximum Gasteiger partial charge on any atom is 0.120 e. The van der Waals surface area contributed by atoms with Crippen molar-refractivity contribution >= 4 is 0 Å². The molecule has 2 rings (SSSR count). The number of aromatic nitrogens is 1. The van der Waals surface area contributed by atoms with Gasteiger partial charge in [-0.3, -0.25) is 4.90 Å². The third-order valence-corrected chi connectivity index (χ3v) is 4.03. The summed E-state index contributed by atoms with van der Waals surface area (Å²) in [6, 6.07) is 4.63. The smallest absolute Gasteiger partial charge is 0.120 e. The Morgan fingerprint density at radius 1 is 1.45 bits per heavy atom. The van der Waals surface area contributed by atoms with Crippen LogP contribution in [0.4, 0.5) is 0 Å². The Morgan fingerprint density at radius 3 is 2.75 bits per heavy atom. The van der Waals surface area contributed by atoms with Gasteiger partial charge in [-0.25, -0.2) is 0 Å². The van der Waals surface area contributed by atoms with E-state index >= 15 is 0 Å². The van der Waals surface area contributed by atoms with E-state index in [1.54, 1.807) is 0 Å². The highest BCUT2D eigenvalue weighted by atomic mass is 16.5. The summed E-state index contributed by atoms with van der Waals surface area (Å²) in [6.45, 7) is 9.85. The van der Waals surface area contributed by atoms with E-state index in [9.17, 15) is 0 Å². The second-order valence-corrected chi connectivity index (χ2v) is 5.51. The number of nitrogens with zero attached hydrogens (tertiary/aromatic N) is 3. The summed E-state index contributed by atoms with van der Waals surface area (Å²) in [4.78, 5) is 2.43. The van der Waals surface area contributed by atoms with Crippen LogP contribution in [0.1, 0.15) is 23.9 Å². The standard InChI is InChI=1S/C15H24N4O/c1-12(11-19-4-6-20-7-5-19)17-10-14-8-15(9-16)18(3)13(14)2/h8,12,17H,4-7,10-11H2,1-3H3. The predicted octanol–water partition coefficient (Wildman–Crippen LogP) is 1.02. The SMILES string of the molecule is Cc1c(CNC(C)CN2CCOCC2)cc(C#N)n1C. The molecule has 1 unspecified atom stereocenters. The van der Waals surface area contributed by atoms with Gasteiger partial charge in [0.2, 0.25) is 0 Å². The van der Waals surface area contributed by atoms with Crippen LogP contribution in [0.3, 0.4) is 0 Å². The van der Waals surface area contributed by atoms with Crippen LogP contribution in [0.2, 0.25) is 0 Å². The van der Waals surface area contributed by atoms with Crippen molar-refractivity contribution in [3.63, 3.8) is 0 Å². The molecule has 1 saturated heterocycles. The van der Waals surface area contributed by atoms with Gasteiger partial charge in [-0.05, 0) is 25.5 Å². The van der Waals surface area contributed by atoms with Gasteiger partial charge in [-0.2, -0.15) is 5.26 Å². The first-order chi connectivity index (χ1) is 9.61. The lowest BCUT2D eigenvalue weighted by molar-refractivity contribution is 0.0343. The zero-order valence-electron chi connectivity index (χ0n) is 12.6. The fourth-order valence-corrected chi connectivity index (χ4v) is 2.57. The monoisotopic (exact) mass is 276 g/mol. The molecule has 20 heavy (non-hydrogen) atoms. The van der Waals surface area contributed by atoms with Crippen LogP contribution in [0.25, 0.3) is 0 Å². The Bertz CT molecular complexity index is 483. The van der Waals surface area contributed by atoms with Crippen molar-refractivity contribution < 1.29 is 4.74 Å². The first kappa shape index (κ1) is 15.0. The zero-order chi connectivity index (χ0) is 14.5. The summed E-state index contributed by atoms with van der Waals surface area (Å²) in [6.07, 6.45) is 0. The van der Waals surface area contributed by atoms with E-state index in [1.165, 1.54) is 5.56 Å². The highest BCUT2D eigenvalue weighted by Gasteiger charge is 2.14. The Morgan fingerprint density at radius 2 is 2.15 bits per heavy atom. The minimum atomic E-state index is 0.429. The van der Waals surface area contributed by atoms with Crippen LogP contribution in [-0.2, 0) is 18.3 Å². The molecule has 5 nitrogen and oxygen atoms in total. The molecule has 0 bridgehead atoms. The largest absolute Gasteiger partial charge is 0.379 e. The molecule has 5 heteroatoms. The van der Waals surface area contributed by atoms with Gasteiger partial charge in [0, 0.05) is 45.0 Å². The van der Waals surface area contributed by atoms with Crippen LogP contribution in [0.5, 0.6) is 0 Å². The van der Waals surface area contributed by atoms with Crippen molar-refractivity contribution in [2.75, 3.05) is 32.8 Å². The maximum absolute atomic E-state index is 9.04. The van der Waals surface area contributed by atoms with E-state index in [4.69, 9.17) is 10.00 Å². The Hall–Kier alpha value is -1.35. The first-order valence-electron chi connectivity index (χ1n) is 7.20. The average Bonchev–Trinajstić information content (AvgIpc) is 2.73. The molecule has 110 valence electrons. The number of nitrogens with one attached hydrogen (secondary N) is 1. The molecule has 0 saturated carbocycles. The molecular formula is C15H24N4O. The van der Waals surface area contributed by atoms with E-state index in [-0.39, 0.29) is 0 Å². The normalized spacial score (nSPS) is 17.9. The van der Waals surface area contributed by atoms with Crippen molar-refractivity contribution in [1.82, 2.24) is 14.8 Å². The van der Waals surface area contributed by atoms with E-state index in [1.807, 2.05) is 17.7 Å². The summed E-state index contributed by atoms with van der Waals surface area (Å²) in [5.41, 5.74) is 3.09. The minimum absolute atomic E-state index is 0.429. The predicted molar refractivity (Wildman–Crippen MR) is 78.4 cm³/mol. The summed E-state index contributed by atoms with van der Waals surface area (Å²) in [5.74, 6) is 0. The van der Waals surface area contributed by atoms with Gasteiger partial charge in [-0.1, -0.05) is 0 Å². The third kappa shape index (κ3) is 3.60. The van der Waals surface area contributed by atoms with E-state index in [0.29, 0.717) is 6.04 Å². The Labute approximate surface area is 121 Å². The van der Waals surface area contributed by atoms with E-state index in [0.717, 1.165) is 50.8 Å². The molecule has 0 spiro atoms. The van der Waals surface area contributed by atoms with Gasteiger partial charge < -0.3 is 14.6 Å². The van der Waals surface area contributed by atoms with Gasteiger partial charge in [0.15, 0.2) is 0 Å². The number of ether oxygens (including phenoxy) is 1. The van der Waals surface area contributed by atoms with Crippen LogP contribution >= 0.6 is 0 Å². The van der Waals surface area contributed by atoms with Gasteiger partial charge in [-0.15, -0.1) is 0 Å². The summed E-state index contributed by atoms with van der Waals surface area (Å²) < 4.78 is 7.31. The number of rotatable bonds is 5. The lowest BCUT2D eigenvalue weighted by Crippen LogP contribution is -2.44. The van der Waals surface area contributed by atoms with Gasteiger partial charge in [0.1, 0.15) is 11.8 Å². The Kier molecular flexibility index (Phi) is 5.18. The molecule has 1 aliphatic rings. The molecule has 1 N–H and O–H groups in total. The molecule has 1 atom stereocenters. The molecule has 0 amide bonds. The molecule has 0 radical (unpaired) electrons. The van der Waals surface area contributed by atoms with Crippen LogP contribution < -0.4 is 5.32 Å². The van der Waals surface area contributed by atoms with Crippen molar-refractivity contribution in [1.29, 1.82) is 5.26 Å².